The molecule has 3 N–H and O–H groups in total. The zero-order valence-corrected chi connectivity index (χ0v) is 9.84. The Balaban J connectivity index is 2.09. The molecule has 0 radical (unpaired) electrons. The second kappa shape index (κ2) is 4.53. The van der Waals surface area contributed by atoms with Crippen molar-refractivity contribution >= 4 is 17.5 Å². The third-order valence-corrected chi connectivity index (χ3v) is 3.12. The van der Waals surface area contributed by atoms with Gasteiger partial charge in [-0.1, -0.05) is 0 Å². The van der Waals surface area contributed by atoms with Gasteiger partial charge in [0.05, 0.1) is 0 Å². The van der Waals surface area contributed by atoms with Gasteiger partial charge in [0.25, 0.3) is 0 Å². The van der Waals surface area contributed by atoms with Gasteiger partial charge in [0.1, 0.15) is 0 Å². The second-order valence-corrected chi connectivity index (χ2v) is 4.36. The number of carboxylic acid groups (broad SMARTS) is 1. The average molecular weight is 235 g/mol. The van der Waals surface area contributed by atoms with Crippen LogP contribution >= 0.6 is 0 Å². The van der Waals surface area contributed by atoms with E-state index in [0.717, 1.165) is 17.9 Å². The van der Waals surface area contributed by atoms with E-state index < -0.39 is 6.09 Å². The summed E-state index contributed by atoms with van der Waals surface area (Å²) >= 11 is 0. The van der Waals surface area contributed by atoms with Crippen molar-refractivity contribution in [3.05, 3.63) is 24.3 Å². The van der Waals surface area contributed by atoms with Gasteiger partial charge in [-0.05, 0) is 31.2 Å². The fourth-order valence-corrected chi connectivity index (χ4v) is 2.18. The highest BCUT2D eigenvalue weighted by molar-refractivity contribution is 5.66. The monoisotopic (exact) mass is 235 g/mol. The average Bonchev–Trinajstić information content (AvgIpc) is 2.30. The second-order valence-electron chi connectivity index (χ2n) is 4.36. The molecule has 1 heterocycles. The maximum absolute atomic E-state index is 10.9. The lowest BCUT2D eigenvalue weighted by Gasteiger charge is -2.40. The lowest BCUT2D eigenvalue weighted by molar-refractivity contribution is 0.136. The van der Waals surface area contributed by atoms with Crippen LogP contribution in [0.25, 0.3) is 0 Å². The Hall–Kier alpha value is -1.91. The molecule has 0 bridgehead atoms. The lowest BCUT2D eigenvalue weighted by Crippen LogP contribution is -2.53. The van der Waals surface area contributed by atoms with Gasteiger partial charge in [0.2, 0.25) is 0 Å². The summed E-state index contributed by atoms with van der Waals surface area (Å²) in [7, 11) is 0. The number of nitrogens with two attached hydrogens (primary N) is 1. The van der Waals surface area contributed by atoms with Crippen molar-refractivity contribution in [3.63, 3.8) is 0 Å². The molecule has 0 saturated carbocycles. The minimum Gasteiger partial charge on any atom is -0.465 e. The van der Waals surface area contributed by atoms with Gasteiger partial charge in [-0.15, -0.1) is 0 Å². The Kier molecular flexibility index (Phi) is 3.08. The first-order chi connectivity index (χ1) is 8.08. The summed E-state index contributed by atoms with van der Waals surface area (Å²) in [5.74, 6) is 0. The molecule has 5 heteroatoms. The molecule has 0 spiro atoms. The molecule has 17 heavy (non-hydrogen) atoms. The molecule has 1 amide bonds. The Bertz CT molecular complexity index is 405. The van der Waals surface area contributed by atoms with Crippen molar-refractivity contribution in [2.75, 3.05) is 30.3 Å². The minimum absolute atomic E-state index is 0.184. The molecule has 5 nitrogen and oxygen atoms in total. The van der Waals surface area contributed by atoms with Crippen LogP contribution in [-0.2, 0) is 0 Å². The number of rotatable bonds is 1. The summed E-state index contributed by atoms with van der Waals surface area (Å²) in [5, 5.41) is 8.94. The highest BCUT2D eigenvalue weighted by Gasteiger charge is 2.26. The molecule has 1 fully saturated rings. The standard InChI is InChI=1S/C12H17N3O2/c1-9-8-14(12(16)17)6-7-15(9)11-4-2-10(13)3-5-11/h2-5,9H,6-8,13H2,1H3,(H,16,17)/t9-/m1/s1. The van der Waals surface area contributed by atoms with Crippen LogP contribution in [0.4, 0.5) is 16.2 Å². The molecule has 0 aromatic heterocycles. The fraction of sp³-hybridized carbons (Fsp3) is 0.417. The number of nitrogens with zero attached hydrogens (tertiary/aromatic N) is 2. The Morgan fingerprint density at radius 1 is 1.35 bits per heavy atom. The van der Waals surface area contributed by atoms with Crippen molar-refractivity contribution < 1.29 is 9.90 Å². The highest BCUT2D eigenvalue weighted by atomic mass is 16.4. The Morgan fingerprint density at radius 2 is 2.00 bits per heavy atom. The third kappa shape index (κ3) is 2.43. The van der Waals surface area contributed by atoms with Crippen LogP contribution in [0.1, 0.15) is 6.92 Å². The van der Waals surface area contributed by atoms with E-state index in [2.05, 4.69) is 4.90 Å². The van der Waals surface area contributed by atoms with E-state index in [4.69, 9.17) is 10.8 Å². The van der Waals surface area contributed by atoms with Crippen LogP contribution in [0.3, 0.4) is 0 Å². The molecule has 92 valence electrons. The maximum Gasteiger partial charge on any atom is 0.407 e. The number of piperazine rings is 1. The number of hydrogen-bond donors (Lipinski definition) is 2. The molecule has 1 aromatic rings. The van der Waals surface area contributed by atoms with Crippen LogP contribution in [0.5, 0.6) is 0 Å². The molecule has 1 aliphatic rings. The summed E-state index contributed by atoms with van der Waals surface area (Å²) in [6.07, 6.45) is -0.839. The van der Waals surface area contributed by atoms with Crippen LogP contribution in [0.15, 0.2) is 24.3 Å². The van der Waals surface area contributed by atoms with E-state index in [1.807, 2.05) is 31.2 Å². The summed E-state index contributed by atoms with van der Waals surface area (Å²) in [6.45, 7) is 3.84. The molecule has 1 saturated heterocycles. The quantitative estimate of drug-likeness (QED) is 0.723. The smallest absolute Gasteiger partial charge is 0.407 e. The van der Waals surface area contributed by atoms with E-state index in [9.17, 15) is 4.79 Å². The molecule has 1 aliphatic heterocycles. The summed E-state index contributed by atoms with van der Waals surface area (Å²) in [6, 6.07) is 7.87. The summed E-state index contributed by atoms with van der Waals surface area (Å²) < 4.78 is 0. The molecule has 1 atom stereocenters. The van der Waals surface area contributed by atoms with Gasteiger partial charge >= 0.3 is 6.09 Å². The Labute approximate surface area is 100 Å². The first kappa shape index (κ1) is 11.6. The lowest BCUT2D eigenvalue weighted by atomic mass is 10.1. The van der Waals surface area contributed by atoms with Crippen LogP contribution < -0.4 is 10.6 Å². The van der Waals surface area contributed by atoms with Gasteiger partial charge in [0.15, 0.2) is 0 Å². The summed E-state index contributed by atoms with van der Waals surface area (Å²) in [4.78, 5) is 14.5. The predicted molar refractivity (Wildman–Crippen MR) is 67.3 cm³/mol. The predicted octanol–water partition coefficient (Wildman–Crippen LogP) is 1.46. The number of hydrogen-bond acceptors (Lipinski definition) is 3. The van der Waals surface area contributed by atoms with Crippen molar-refractivity contribution in [3.8, 4) is 0 Å². The minimum atomic E-state index is -0.839. The third-order valence-electron chi connectivity index (χ3n) is 3.12. The number of nitrogen functional groups attached to an aromatic ring is 1. The number of amides is 1. The van der Waals surface area contributed by atoms with Gasteiger partial charge in [-0.3, -0.25) is 0 Å². The normalized spacial score (nSPS) is 20.4. The van der Waals surface area contributed by atoms with E-state index in [1.54, 1.807) is 0 Å². The molecule has 0 unspecified atom stereocenters. The molecule has 2 rings (SSSR count). The largest absolute Gasteiger partial charge is 0.465 e. The summed E-state index contributed by atoms with van der Waals surface area (Å²) in [5.41, 5.74) is 7.48. The molecule has 1 aromatic carbocycles. The van der Waals surface area contributed by atoms with Crippen LogP contribution in [0, 0.1) is 0 Å². The highest BCUT2D eigenvalue weighted by Crippen LogP contribution is 2.21. The van der Waals surface area contributed by atoms with Gasteiger partial charge in [-0.25, -0.2) is 4.79 Å². The zero-order valence-electron chi connectivity index (χ0n) is 9.84. The number of anilines is 2. The number of benzene rings is 1. The van der Waals surface area contributed by atoms with E-state index in [0.29, 0.717) is 13.1 Å². The maximum atomic E-state index is 10.9. The van der Waals surface area contributed by atoms with Gasteiger partial charge in [0, 0.05) is 37.1 Å². The number of carbonyl (C=O) groups is 1. The van der Waals surface area contributed by atoms with Gasteiger partial charge < -0.3 is 20.6 Å². The molecular formula is C12H17N3O2. The van der Waals surface area contributed by atoms with Crippen molar-refractivity contribution in [2.24, 2.45) is 0 Å². The SMILES string of the molecule is C[C@@H]1CN(C(=O)O)CCN1c1ccc(N)cc1. The van der Waals surface area contributed by atoms with Crippen LogP contribution in [0.2, 0.25) is 0 Å². The first-order valence-corrected chi connectivity index (χ1v) is 5.68. The van der Waals surface area contributed by atoms with E-state index in [1.165, 1.54) is 4.90 Å². The van der Waals surface area contributed by atoms with E-state index >= 15 is 0 Å². The molecular weight excluding hydrogens is 218 g/mol. The van der Waals surface area contributed by atoms with Crippen molar-refractivity contribution in [1.29, 1.82) is 0 Å². The van der Waals surface area contributed by atoms with E-state index in [-0.39, 0.29) is 6.04 Å². The Morgan fingerprint density at radius 3 is 2.53 bits per heavy atom. The van der Waals surface area contributed by atoms with Gasteiger partial charge in [-0.2, -0.15) is 0 Å². The van der Waals surface area contributed by atoms with Crippen molar-refractivity contribution in [1.82, 2.24) is 4.90 Å². The van der Waals surface area contributed by atoms with Crippen LogP contribution in [-0.4, -0.2) is 41.8 Å². The fourth-order valence-electron chi connectivity index (χ4n) is 2.18. The van der Waals surface area contributed by atoms with Crippen molar-refractivity contribution in [2.45, 2.75) is 13.0 Å². The molecule has 0 aliphatic carbocycles. The topological polar surface area (TPSA) is 69.8 Å². The zero-order chi connectivity index (χ0) is 12.4. The first-order valence-electron chi connectivity index (χ1n) is 5.68.